The van der Waals surface area contributed by atoms with Crippen LogP contribution in [-0.2, 0) is 6.61 Å². The van der Waals surface area contributed by atoms with E-state index in [-0.39, 0.29) is 5.56 Å². The summed E-state index contributed by atoms with van der Waals surface area (Å²) in [6.07, 6.45) is 7.18. The Kier molecular flexibility index (Phi) is 6.61. The molecular formula is C33H24N6O2S. The van der Waals surface area contributed by atoms with Gasteiger partial charge in [0.15, 0.2) is 5.82 Å². The zero-order valence-corrected chi connectivity index (χ0v) is 23.4. The van der Waals surface area contributed by atoms with Crippen molar-refractivity contribution < 1.29 is 4.74 Å². The molecule has 0 bridgehead atoms. The fourth-order valence-electron chi connectivity index (χ4n) is 4.72. The van der Waals surface area contributed by atoms with Crippen molar-refractivity contribution in [3.8, 4) is 34.1 Å². The van der Waals surface area contributed by atoms with E-state index in [0.29, 0.717) is 21.9 Å². The minimum atomic E-state index is -0.225. The Morgan fingerprint density at radius 3 is 2.45 bits per heavy atom. The largest absolute Gasteiger partial charge is 0.489 e. The zero-order valence-electron chi connectivity index (χ0n) is 22.6. The molecule has 9 heteroatoms. The normalized spacial score (nSPS) is 11.8. The number of nitrogens with zero attached hydrogens (tertiary/aromatic N) is 6. The number of hydrogen-bond acceptors (Lipinski definition) is 7. The van der Waals surface area contributed by atoms with E-state index in [9.17, 15) is 4.79 Å². The summed E-state index contributed by atoms with van der Waals surface area (Å²) >= 11 is 1.30. The highest BCUT2D eigenvalue weighted by Crippen LogP contribution is 2.29. The van der Waals surface area contributed by atoms with E-state index in [2.05, 4.69) is 21.1 Å². The number of fused-ring (bicyclic) bond motifs is 1. The second kappa shape index (κ2) is 10.9. The van der Waals surface area contributed by atoms with Gasteiger partial charge in [0.05, 0.1) is 10.2 Å². The predicted molar refractivity (Wildman–Crippen MR) is 164 cm³/mol. The molecule has 204 valence electrons. The molecule has 0 amide bonds. The van der Waals surface area contributed by atoms with Crippen LogP contribution in [-0.4, -0.2) is 29.4 Å². The highest BCUT2D eigenvalue weighted by molar-refractivity contribution is 7.15. The summed E-state index contributed by atoms with van der Waals surface area (Å²) < 4.78 is 9.81. The van der Waals surface area contributed by atoms with Gasteiger partial charge in [-0.3, -0.25) is 9.78 Å². The molecule has 8 nitrogen and oxygen atoms in total. The Hall–Kier alpha value is -5.41. The number of rotatable bonds is 7. The fourth-order valence-corrected chi connectivity index (χ4v) is 5.62. The van der Waals surface area contributed by atoms with Crippen LogP contribution < -0.4 is 14.8 Å². The lowest BCUT2D eigenvalue weighted by Crippen LogP contribution is -2.23. The van der Waals surface area contributed by atoms with E-state index >= 15 is 0 Å². The molecule has 4 aromatic heterocycles. The van der Waals surface area contributed by atoms with Crippen molar-refractivity contribution in [2.24, 2.45) is 0 Å². The molecule has 0 fully saturated rings. The van der Waals surface area contributed by atoms with Crippen LogP contribution in [0.25, 0.3) is 39.4 Å². The lowest BCUT2D eigenvalue weighted by molar-refractivity contribution is 0.304. The topological polar surface area (TPSA) is 87.2 Å². The van der Waals surface area contributed by atoms with Crippen molar-refractivity contribution in [1.29, 1.82) is 0 Å². The number of pyridine rings is 1. The summed E-state index contributed by atoms with van der Waals surface area (Å²) in [6, 6.07) is 29.7. The molecule has 0 aliphatic heterocycles. The summed E-state index contributed by atoms with van der Waals surface area (Å²) in [4.78, 5) is 22.6. The summed E-state index contributed by atoms with van der Waals surface area (Å²) in [5, 5.41) is 9.39. The Morgan fingerprint density at radius 2 is 1.71 bits per heavy atom. The minimum Gasteiger partial charge on any atom is -0.489 e. The van der Waals surface area contributed by atoms with Gasteiger partial charge in [-0.05, 0) is 66.6 Å². The lowest BCUT2D eigenvalue weighted by Gasteiger charge is -2.10. The van der Waals surface area contributed by atoms with E-state index in [1.165, 1.54) is 15.9 Å². The number of hydrogen-bond donors (Lipinski definition) is 0. The number of thiazole rings is 1. The minimum absolute atomic E-state index is 0.225. The molecule has 0 saturated heterocycles. The molecule has 0 atom stereocenters. The highest BCUT2D eigenvalue weighted by atomic mass is 32.1. The zero-order chi connectivity index (χ0) is 28.5. The summed E-state index contributed by atoms with van der Waals surface area (Å²) in [5.41, 5.74) is 6.05. The number of benzene rings is 3. The van der Waals surface area contributed by atoms with Crippen molar-refractivity contribution in [3.05, 3.63) is 141 Å². The molecule has 0 aliphatic carbocycles. The Balaban J connectivity index is 1.28. The molecule has 0 N–H and O–H groups in total. The molecule has 42 heavy (non-hydrogen) atoms. The molecule has 0 aliphatic rings. The third-order valence-electron chi connectivity index (χ3n) is 6.84. The molecule has 7 rings (SSSR count). The van der Waals surface area contributed by atoms with Gasteiger partial charge < -0.3 is 4.74 Å². The van der Waals surface area contributed by atoms with Crippen molar-refractivity contribution in [2.75, 3.05) is 0 Å². The maximum atomic E-state index is 13.4. The first kappa shape index (κ1) is 25.6. The average molecular weight is 569 g/mol. The first-order valence-electron chi connectivity index (χ1n) is 13.4. The predicted octanol–water partition coefficient (Wildman–Crippen LogP) is 5.50. The van der Waals surface area contributed by atoms with E-state index in [1.54, 1.807) is 12.4 Å². The quantitative estimate of drug-likeness (QED) is 0.252. The number of ether oxygens (including phenoxy) is 1. The standard InChI is InChI=1S/C33H24N6O2S/c1-22-17-24(14-15-28(22)41-21-23-9-4-2-5-10-23)30-26(20-38(36-30)27-12-6-3-7-13-27)18-29-32(40)39-33(42-29)35-31(37-39)25-11-8-16-34-19-25/h2-20H,21H2,1H3/b29-18-. The number of para-hydroxylation sites is 1. The molecule has 0 radical (unpaired) electrons. The molecule has 7 aromatic rings. The second-order valence-electron chi connectivity index (χ2n) is 9.76. The van der Waals surface area contributed by atoms with Crippen LogP contribution in [0.15, 0.2) is 114 Å². The van der Waals surface area contributed by atoms with E-state index in [0.717, 1.165) is 44.9 Å². The molecule has 3 aromatic carbocycles. The Labute approximate surface area is 244 Å². The van der Waals surface area contributed by atoms with Crippen LogP contribution in [0.5, 0.6) is 5.75 Å². The van der Waals surface area contributed by atoms with Crippen LogP contribution in [0.2, 0.25) is 0 Å². The monoisotopic (exact) mass is 568 g/mol. The Bertz CT molecular complexity index is 2120. The SMILES string of the molecule is Cc1cc(-c2nn(-c3ccccc3)cc2/C=c2\sc3nc(-c4cccnc4)nn3c2=O)ccc1OCc1ccccc1. The Morgan fingerprint density at radius 1 is 0.905 bits per heavy atom. The van der Waals surface area contributed by atoms with Crippen LogP contribution in [0.4, 0.5) is 0 Å². The molecule has 0 saturated carbocycles. The van der Waals surface area contributed by atoms with Gasteiger partial charge in [0.1, 0.15) is 18.1 Å². The van der Waals surface area contributed by atoms with Crippen LogP contribution in [0, 0.1) is 6.92 Å². The maximum Gasteiger partial charge on any atom is 0.291 e. The van der Waals surface area contributed by atoms with Gasteiger partial charge in [0, 0.05) is 35.3 Å². The average Bonchev–Trinajstić information content (AvgIpc) is 3.73. The second-order valence-corrected chi connectivity index (χ2v) is 10.8. The van der Waals surface area contributed by atoms with Crippen LogP contribution >= 0.6 is 11.3 Å². The van der Waals surface area contributed by atoms with Gasteiger partial charge in [-0.1, -0.05) is 59.9 Å². The van der Waals surface area contributed by atoms with E-state index in [4.69, 9.17) is 9.84 Å². The molecular weight excluding hydrogens is 544 g/mol. The van der Waals surface area contributed by atoms with Crippen LogP contribution in [0.1, 0.15) is 16.7 Å². The van der Waals surface area contributed by atoms with Gasteiger partial charge in [0.2, 0.25) is 4.96 Å². The van der Waals surface area contributed by atoms with Gasteiger partial charge in [-0.15, -0.1) is 5.10 Å². The van der Waals surface area contributed by atoms with Crippen molar-refractivity contribution >= 4 is 22.4 Å². The van der Waals surface area contributed by atoms with Gasteiger partial charge >= 0.3 is 0 Å². The number of aryl methyl sites for hydroxylation is 1. The molecule has 0 unspecified atom stereocenters. The van der Waals surface area contributed by atoms with Gasteiger partial charge in [-0.25, -0.2) is 4.68 Å². The summed E-state index contributed by atoms with van der Waals surface area (Å²) in [6.45, 7) is 2.52. The molecule has 4 heterocycles. The molecule has 0 spiro atoms. The third kappa shape index (κ3) is 4.97. The smallest absolute Gasteiger partial charge is 0.291 e. The van der Waals surface area contributed by atoms with Crippen molar-refractivity contribution in [3.63, 3.8) is 0 Å². The van der Waals surface area contributed by atoms with Gasteiger partial charge in [-0.2, -0.15) is 14.6 Å². The highest BCUT2D eigenvalue weighted by Gasteiger charge is 2.16. The third-order valence-corrected chi connectivity index (χ3v) is 7.80. The van der Waals surface area contributed by atoms with Crippen molar-refractivity contribution in [2.45, 2.75) is 13.5 Å². The number of aromatic nitrogens is 6. The van der Waals surface area contributed by atoms with E-state index < -0.39 is 0 Å². The fraction of sp³-hybridized carbons (Fsp3) is 0.0606. The van der Waals surface area contributed by atoms with E-state index in [1.807, 2.05) is 109 Å². The summed E-state index contributed by atoms with van der Waals surface area (Å²) in [5.74, 6) is 1.29. The summed E-state index contributed by atoms with van der Waals surface area (Å²) in [7, 11) is 0. The van der Waals surface area contributed by atoms with Crippen LogP contribution in [0.3, 0.4) is 0 Å². The van der Waals surface area contributed by atoms with Crippen molar-refractivity contribution in [1.82, 2.24) is 29.4 Å². The van der Waals surface area contributed by atoms with Gasteiger partial charge in [0.25, 0.3) is 5.56 Å². The first-order valence-corrected chi connectivity index (χ1v) is 14.2. The lowest BCUT2D eigenvalue weighted by atomic mass is 10.0. The first-order chi connectivity index (χ1) is 20.6. The maximum absolute atomic E-state index is 13.4.